The number of nitrogens with one attached hydrogen (secondary N) is 2. The molecule has 2 N–H and O–H groups in total. The van der Waals surface area contributed by atoms with Crippen LogP contribution >= 0.6 is 0 Å². The first-order valence-corrected chi connectivity index (χ1v) is 11.0. The summed E-state index contributed by atoms with van der Waals surface area (Å²) in [5.41, 5.74) is 2.54. The van der Waals surface area contributed by atoms with E-state index < -0.39 is 30.1 Å². The zero-order chi connectivity index (χ0) is 24.2. The number of carbonyl (C=O) groups is 3. The molecule has 0 unspecified atom stereocenters. The van der Waals surface area contributed by atoms with Gasteiger partial charge in [0.2, 0.25) is 5.91 Å². The van der Waals surface area contributed by atoms with Gasteiger partial charge in [0, 0.05) is 6.42 Å². The van der Waals surface area contributed by atoms with Crippen molar-refractivity contribution in [3.8, 4) is 0 Å². The van der Waals surface area contributed by atoms with E-state index in [0.717, 1.165) is 16.7 Å². The number of amides is 2. The maximum atomic E-state index is 12.8. The van der Waals surface area contributed by atoms with Gasteiger partial charge in [0.1, 0.15) is 25.3 Å². The molecule has 0 radical (unpaired) electrons. The minimum Gasteiger partial charge on any atom is -0.459 e. The number of carbonyl (C=O) groups excluding carboxylic acids is 3. The second-order valence-corrected chi connectivity index (χ2v) is 7.77. The normalized spacial score (nSPS) is 12.1. The molecule has 0 aliphatic rings. The van der Waals surface area contributed by atoms with E-state index in [-0.39, 0.29) is 19.6 Å². The minimum absolute atomic E-state index is 0.0868. The third-order valence-corrected chi connectivity index (χ3v) is 5.05. The van der Waals surface area contributed by atoms with Gasteiger partial charge in [0.25, 0.3) is 0 Å². The molecule has 3 rings (SSSR count). The second kappa shape index (κ2) is 12.8. The van der Waals surface area contributed by atoms with Crippen LogP contribution in [0.3, 0.4) is 0 Å². The molecule has 0 aliphatic carbocycles. The lowest BCUT2D eigenvalue weighted by atomic mass is 10.1. The molecule has 3 aromatic rings. The predicted octanol–water partition coefficient (Wildman–Crippen LogP) is 3.77. The van der Waals surface area contributed by atoms with Crippen molar-refractivity contribution in [3.63, 3.8) is 0 Å². The summed E-state index contributed by atoms with van der Waals surface area (Å²) in [5, 5.41) is 5.19. The first-order chi connectivity index (χ1) is 16.5. The number of benzene rings is 3. The van der Waals surface area contributed by atoms with Crippen LogP contribution in [0.2, 0.25) is 0 Å². The van der Waals surface area contributed by atoms with Crippen LogP contribution < -0.4 is 10.6 Å². The summed E-state index contributed by atoms with van der Waals surface area (Å²) in [5.74, 6) is -1.07. The first-order valence-electron chi connectivity index (χ1n) is 11.0. The van der Waals surface area contributed by atoms with Crippen molar-refractivity contribution in [1.29, 1.82) is 0 Å². The van der Waals surface area contributed by atoms with Crippen LogP contribution in [0, 0.1) is 0 Å². The third-order valence-electron chi connectivity index (χ3n) is 5.05. The fraction of sp³-hybridized carbons (Fsp3) is 0.222. The van der Waals surface area contributed by atoms with Crippen LogP contribution in [0.4, 0.5) is 4.79 Å². The van der Waals surface area contributed by atoms with Crippen LogP contribution in [0.5, 0.6) is 0 Å². The number of alkyl carbamates (subject to hydrolysis) is 1. The molecule has 0 fully saturated rings. The highest BCUT2D eigenvalue weighted by molar-refractivity contribution is 5.89. The maximum absolute atomic E-state index is 12.8. The largest absolute Gasteiger partial charge is 0.459 e. The maximum Gasteiger partial charge on any atom is 0.408 e. The molecule has 0 heterocycles. The Morgan fingerprint density at radius 2 is 1.15 bits per heavy atom. The Labute approximate surface area is 199 Å². The fourth-order valence-corrected chi connectivity index (χ4v) is 3.18. The van der Waals surface area contributed by atoms with Crippen molar-refractivity contribution in [2.75, 3.05) is 0 Å². The van der Waals surface area contributed by atoms with Gasteiger partial charge in [0.15, 0.2) is 0 Å². The van der Waals surface area contributed by atoms with Gasteiger partial charge in [0.05, 0.1) is 0 Å². The Balaban J connectivity index is 1.56. The zero-order valence-electron chi connectivity index (χ0n) is 19.0. The SMILES string of the molecule is C[C@H](NC(=O)OCc1ccccc1)C(=O)N[C@H](Cc1ccccc1)C(=O)OCc1ccccc1. The highest BCUT2D eigenvalue weighted by Gasteiger charge is 2.26. The highest BCUT2D eigenvalue weighted by Crippen LogP contribution is 2.08. The highest BCUT2D eigenvalue weighted by atomic mass is 16.5. The van der Waals surface area contributed by atoms with Crippen molar-refractivity contribution in [2.45, 2.75) is 38.6 Å². The Bertz CT molecular complexity index is 1060. The van der Waals surface area contributed by atoms with E-state index in [1.165, 1.54) is 6.92 Å². The van der Waals surface area contributed by atoms with Crippen molar-refractivity contribution in [1.82, 2.24) is 10.6 Å². The lowest BCUT2D eigenvalue weighted by Crippen LogP contribution is -2.51. The molecule has 176 valence electrons. The zero-order valence-corrected chi connectivity index (χ0v) is 19.0. The van der Waals surface area contributed by atoms with Crippen LogP contribution in [-0.4, -0.2) is 30.1 Å². The summed E-state index contributed by atoms with van der Waals surface area (Å²) in [6.07, 6.45) is -0.469. The van der Waals surface area contributed by atoms with E-state index in [1.54, 1.807) is 0 Å². The quantitative estimate of drug-likeness (QED) is 0.449. The molecule has 7 heteroatoms. The van der Waals surface area contributed by atoms with E-state index in [4.69, 9.17) is 9.47 Å². The number of ether oxygens (including phenoxy) is 2. The van der Waals surface area contributed by atoms with Crippen LogP contribution in [0.1, 0.15) is 23.6 Å². The summed E-state index contributed by atoms with van der Waals surface area (Å²) < 4.78 is 10.6. The average Bonchev–Trinajstić information content (AvgIpc) is 2.87. The minimum atomic E-state index is -0.914. The second-order valence-electron chi connectivity index (χ2n) is 7.77. The van der Waals surface area contributed by atoms with E-state index in [2.05, 4.69) is 10.6 Å². The van der Waals surface area contributed by atoms with E-state index >= 15 is 0 Å². The van der Waals surface area contributed by atoms with E-state index in [1.807, 2.05) is 91.0 Å². The lowest BCUT2D eigenvalue weighted by molar-refractivity contribution is -0.149. The molecule has 2 amide bonds. The van der Waals surface area contributed by atoms with Gasteiger partial charge in [-0.05, 0) is 23.6 Å². The van der Waals surface area contributed by atoms with Crippen molar-refractivity contribution in [2.24, 2.45) is 0 Å². The monoisotopic (exact) mass is 460 g/mol. The van der Waals surface area contributed by atoms with Gasteiger partial charge < -0.3 is 20.1 Å². The van der Waals surface area contributed by atoms with Gasteiger partial charge in [-0.2, -0.15) is 0 Å². The molecule has 0 saturated heterocycles. The summed E-state index contributed by atoms with van der Waals surface area (Å²) in [4.78, 5) is 37.7. The number of hydrogen-bond donors (Lipinski definition) is 2. The van der Waals surface area contributed by atoms with Gasteiger partial charge in [-0.25, -0.2) is 9.59 Å². The third kappa shape index (κ3) is 8.09. The van der Waals surface area contributed by atoms with Crippen LogP contribution in [0.15, 0.2) is 91.0 Å². The summed E-state index contributed by atoms with van der Waals surface area (Å²) in [6, 6.07) is 26.0. The molecule has 0 aromatic heterocycles. The van der Waals surface area contributed by atoms with E-state index in [0.29, 0.717) is 0 Å². The van der Waals surface area contributed by atoms with E-state index in [9.17, 15) is 14.4 Å². The molecule has 34 heavy (non-hydrogen) atoms. The Hall–Kier alpha value is -4.13. The molecule has 7 nitrogen and oxygen atoms in total. The molecule has 0 saturated carbocycles. The van der Waals surface area contributed by atoms with Crippen molar-refractivity contribution >= 4 is 18.0 Å². The average molecular weight is 461 g/mol. The Morgan fingerprint density at radius 1 is 0.676 bits per heavy atom. The van der Waals surface area contributed by atoms with Crippen molar-refractivity contribution in [3.05, 3.63) is 108 Å². The number of esters is 1. The number of hydrogen-bond acceptors (Lipinski definition) is 5. The van der Waals surface area contributed by atoms with Crippen LogP contribution in [0.25, 0.3) is 0 Å². The smallest absolute Gasteiger partial charge is 0.408 e. The van der Waals surface area contributed by atoms with Gasteiger partial charge >= 0.3 is 12.1 Å². The predicted molar refractivity (Wildman–Crippen MR) is 128 cm³/mol. The van der Waals surface area contributed by atoms with Crippen LogP contribution in [-0.2, 0) is 38.7 Å². The molecule has 0 spiro atoms. The number of rotatable bonds is 10. The lowest BCUT2D eigenvalue weighted by Gasteiger charge is -2.21. The van der Waals surface area contributed by atoms with Gasteiger partial charge in [-0.15, -0.1) is 0 Å². The summed E-state index contributed by atoms with van der Waals surface area (Å²) in [7, 11) is 0. The Morgan fingerprint density at radius 3 is 1.68 bits per heavy atom. The molecule has 3 aromatic carbocycles. The molecular weight excluding hydrogens is 432 g/mol. The molecule has 0 bridgehead atoms. The van der Waals surface area contributed by atoms with Gasteiger partial charge in [-0.3, -0.25) is 4.79 Å². The molecule has 2 atom stereocenters. The molecule has 0 aliphatic heterocycles. The fourth-order valence-electron chi connectivity index (χ4n) is 3.18. The topological polar surface area (TPSA) is 93.7 Å². The molecular formula is C27H28N2O5. The van der Waals surface area contributed by atoms with Gasteiger partial charge in [-0.1, -0.05) is 91.0 Å². The Kier molecular flexibility index (Phi) is 9.22. The first kappa shape index (κ1) is 24.5. The standard InChI is InChI=1S/C27H28N2O5/c1-20(28-27(32)34-19-23-15-9-4-10-16-23)25(30)29-24(17-21-11-5-2-6-12-21)26(31)33-18-22-13-7-3-8-14-22/h2-16,20,24H,17-19H2,1H3,(H,28,32)(H,29,30)/t20-,24+/m0/s1. The van der Waals surface area contributed by atoms with Crippen molar-refractivity contribution < 1.29 is 23.9 Å². The summed E-state index contributed by atoms with van der Waals surface area (Å²) >= 11 is 0. The summed E-state index contributed by atoms with van der Waals surface area (Å²) in [6.45, 7) is 1.71.